The Morgan fingerprint density at radius 3 is 1.89 bits per heavy atom. The van der Waals surface area contributed by atoms with Gasteiger partial charge in [-0.3, -0.25) is 4.90 Å². The Balaban J connectivity index is 1.37. The van der Waals surface area contributed by atoms with Crippen molar-refractivity contribution in [3.05, 3.63) is 59.7 Å². The molecule has 2 aliphatic heterocycles. The Hall–Kier alpha value is -2.37. The monoisotopic (exact) mass is 379 g/mol. The number of hydrogen-bond donors (Lipinski definition) is 2. The van der Waals surface area contributed by atoms with Crippen LogP contribution in [0.4, 0.5) is 4.79 Å². The number of aliphatic hydroxyl groups is 2. The molecule has 0 aromatic heterocycles. The molecule has 0 radical (unpaired) electrons. The molecule has 2 aromatic rings. The summed E-state index contributed by atoms with van der Waals surface area (Å²) >= 11 is 0. The van der Waals surface area contributed by atoms with Gasteiger partial charge >= 0.3 is 6.09 Å². The third-order valence-corrected chi connectivity index (χ3v) is 6.67. The normalized spacial score (nSPS) is 28.6. The number of piperidine rings is 2. The number of carbonyl (C=O) groups excluding carboxylic acids is 1. The first-order valence-corrected chi connectivity index (χ1v) is 10.1. The maximum Gasteiger partial charge on any atom is 0.410 e. The summed E-state index contributed by atoms with van der Waals surface area (Å²) in [5.74, 6) is 0.0100. The van der Waals surface area contributed by atoms with Crippen LogP contribution < -0.4 is 0 Å². The van der Waals surface area contributed by atoms with Crippen molar-refractivity contribution in [3.8, 4) is 11.1 Å². The van der Waals surface area contributed by atoms with E-state index in [-0.39, 0.29) is 24.6 Å². The second kappa shape index (κ2) is 6.90. The summed E-state index contributed by atoms with van der Waals surface area (Å²) in [5, 5.41) is 20.7. The second-order valence-corrected chi connectivity index (χ2v) is 8.14. The van der Waals surface area contributed by atoms with E-state index in [9.17, 15) is 15.0 Å². The summed E-state index contributed by atoms with van der Waals surface area (Å²) in [5.41, 5.74) is 4.74. The number of fused-ring (bicyclic) bond motifs is 5. The average Bonchev–Trinajstić information content (AvgIpc) is 3.04. The Labute approximate surface area is 164 Å². The fraction of sp³-hybridized carbons (Fsp3) is 0.435. The number of benzene rings is 2. The minimum Gasteiger partial charge on any atom is -0.448 e. The molecule has 1 aliphatic carbocycles. The van der Waals surface area contributed by atoms with Gasteiger partial charge in [-0.2, -0.15) is 0 Å². The maximum atomic E-state index is 13.0. The number of nitrogens with zero attached hydrogens (tertiary/aromatic N) is 1. The predicted octanol–water partition coefficient (Wildman–Crippen LogP) is 3.28. The van der Waals surface area contributed by atoms with Crippen LogP contribution in [0.1, 0.15) is 42.7 Å². The fourth-order valence-electron chi connectivity index (χ4n) is 5.29. The molecular formula is C23H25NO4. The molecule has 3 aliphatic rings. The third-order valence-electron chi connectivity index (χ3n) is 6.67. The molecule has 5 nitrogen and oxygen atoms in total. The van der Waals surface area contributed by atoms with Gasteiger partial charge in [-0.1, -0.05) is 48.5 Å². The van der Waals surface area contributed by atoms with Crippen molar-refractivity contribution >= 4 is 6.09 Å². The van der Waals surface area contributed by atoms with Crippen LogP contribution in [-0.4, -0.2) is 52.1 Å². The molecule has 2 N–H and O–H groups in total. The largest absolute Gasteiger partial charge is 0.448 e. The summed E-state index contributed by atoms with van der Waals surface area (Å²) in [6.07, 6.45) is 0.980. The quantitative estimate of drug-likeness (QED) is 0.840. The van der Waals surface area contributed by atoms with Crippen molar-refractivity contribution in [2.45, 2.75) is 55.9 Å². The van der Waals surface area contributed by atoms with Gasteiger partial charge in [0.15, 0.2) is 0 Å². The number of aliphatic hydroxyl groups excluding tert-OH is 2. The molecule has 2 bridgehead atoms. The van der Waals surface area contributed by atoms with Gasteiger partial charge in [0.05, 0.1) is 24.3 Å². The van der Waals surface area contributed by atoms with Crippen molar-refractivity contribution < 1.29 is 19.7 Å². The van der Waals surface area contributed by atoms with Crippen LogP contribution in [0.2, 0.25) is 0 Å². The summed E-state index contributed by atoms with van der Waals surface area (Å²) in [4.78, 5) is 14.6. The first kappa shape index (κ1) is 17.7. The van der Waals surface area contributed by atoms with Crippen molar-refractivity contribution in [2.75, 3.05) is 6.61 Å². The zero-order valence-corrected chi connectivity index (χ0v) is 15.7. The molecule has 5 heteroatoms. The van der Waals surface area contributed by atoms with Crippen LogP contribution in [0.3, 0.4) is 0 Å². The topological polar surface area (TPSA) is 70.0 Å². The first-order chi connectivity index (χ1) is 13.6. The van der Waals surface area contributed by atoms with E-state index >= 15 is 0 Å². The van der Waals surface area contributed by atoms with Gasteiger partial charge in [-0.25, -0.2) is 4.79 Å². The number of rotatable bonds is 2. The maximum absolute atomic E-state index is 13.0. The lowest BCUT2D eigenvalue weighted by atomic mass is 9.81. The molecule has 0 spiro atoms. The van der Waals surface area contributed by atoms with E-state index < -0.39 is 18.3 Å². The van der Waals surface area contributed by atoms with Gasteiger partial charge in [0.2, 0.25) is 0 Å². The lowest BCUT2D eigenvalue weighted by molar-refractivity contribution is -0.0881. The number of carbonyl (C=O) groups is 1. The van der Waals surface area contributed by atoms with E-state index in [1.807, 2.05) is 24.3 Å². The molecule has 5 rings (SSSR count). The Kier molecular flexibility index (Phi) is 4.37. The minimum atomic E-state index is -0.538. The van der Waals surface area contributed by atoms with Crippen LogP contribution in [0.5, 0.6) is 0 Å². The summed E-state index contributed by atoms with van der Waals surface area (Å²) in [7, 11) is 0. The zero-order valence-electron chi connectivity index (χ0n) is 15.7. The highest BCUT2D eigenvalue weighted by atomic mass is 16.6. The predicted molar refractivity (Wildman–Crippen MR) is 105 cm³/mol. The highest BCUT2D eigenvalue weighted by Gasteiger charge is 2.46. The number of hydrogen-bond acceptors (Lipinski definition) is 4. The molecule has 4 atom stereocenters. The van der Waals surface area contributed by atoms with E-state index in [4.69, 9.17) is 4.74 Å². The SMILES string of the molecule is O=C(OCC1c2ccccc2-c2ccccc21)N1[C@H]2CC[C@H](O)[C@@H]1CC[C@@H]2O. The van der Waals surface area contributed by atoms with Gasteiger partial charge in [0.1, 0.15) is 6.61 Å². The van der Waals surface area contributed by atoms with E-state index in [0.29, 0.717) is 25.7 Å². The van der Waals surface area contributed by atoms with Gasteiger partial charge in [0, 0.05) is 5.92 Å². The fourth-order valence-corrected chi connectivity index (χ4v) is 5.29. The summed E-state index contributed by atoms with van der Waals surface area (Å²) in [6, 6.07) is 16.0. The van der Waals surface area contributed by atoms with E-state index in [2.05, 4.69) is 24.3 Å². The van der Waals surface area contributed by atoms with Gasteiger partial charge in [-0.15, -0.1) is 0 Å². The molecule has 0 saturated carbocycles. The van der Waals surface area contributed by atoms with E-state index in [1.54, 1.807) is 4.90 Å². The van der Waals surface area contributed by atoms with Crippen LogP contribution in [0, 0.1) is 0 Å². The van der Waals surface area contributed by atoms with Crippen molar-refractivity contribution in [1.29, 1.82) is 0 Å². The van der Waals surface area contributed by atoms with Crippen molar-refractivity contribution in [1.82, 2.24) is 4.90 Å². The standard InChI is InChI=1S/C23H25NO4/c25-21-11-9-19-22(26)12-10-20(21)24(19)23(27)28-13-18-16-7-3-1-5-14(16)15-6-2-4-8-17(15)18/h1-8,18-22,25-26H,9-13H2/t19-,20-,21-,22-/m0/s1. The van der Waals surface area contributed by atoms with Crippen LogP contribution >= 0.6 is 0 Å². The highest BCUT2D eigenvalue weighted by molar-refractivity contribution is 5.79. The van der Waals surface area contributed by atoms with Gasteiger partial charge in [0.25, 0.3) is 0 Å². The summed E-state index contributed by atoms with van der Waals surface area (Å²) in [6.45, 7) is 0.259. The lowest BCUT2D eigenvalue weighted by Crippen LogP contribution is -2.62. The zero-order chi connectivity index (χ0) is 19.3. The van der Waals surface area contributed by atoms with E-state index in [1.165, 1.54) is 22.3 Å². The number of amides is 1. The Morgan fingerprint density at radius 1 is 0.857 bits per heavy atom. The van der Waals surface area contributed by atoms with Gasteiger partial charge < -0.3 is 14.9 Å². The molecule has 2 saturated heterocycles. The molecular weight excluding hydrogens is 354 g/mol. The lowest BCUT2D eigenvalue weighted by Gasteiger charge is -2.49. The molecule has 0 unspecified atom stereocenters. The molecule has 2 fully saturated rings. The second-order valence-electron chi connectivity index (χ2n) is 8.14. The van der Waals surface area contributed by atoms with E-state index in [0.717, 1.165) is 0 Å². The molecule has 146 valence electrons. The molecule has 2 aromatic carbocycles. The highest BCUT2D eigenvalue weighted by Crippen LogP contribution is 2.44. The van der Waals surface area contributed by atoms with Crippen LogP contribution in [-0.2, 0) is 4.74 Å². The van der Waals surface area contributed by atoms with Crippen molar-refractivity contribution in [2.24, 2.45) is 0 Å². The van der Waals surface area contributed by atoms with Gasteiger partial charge in [-0.05, 0) is 47.9 Å². The molecule has 1 amide bonds. The first-order valence-electron chi connectivity index (χ1n) is 10.1. The van der Waals surface area contributed by atoms with Crippen LogP contribution in [0.25, 0.3) is 11.1 Å². The van der Waals surface area contributed by atoms with Crippen LogP contribution in [0.15, 0.2) is 48.5 Å². The van der Waals surface area contributed by atoms with Crippen molar-refractivity contribution in [3.63, 3.8) is 0 Å². The number of ether oxygens (including phenoxy) is 1. The molecule has 28 heavy (non-hydrogen) atoms. The third kappa shape index (κ3) is 2.73. The Bertz CT molecular complexity index is 834. The smallest absolute Gasteiger partial charge is 0.410 e. The summed E-state index contributed by atoms with van der Waals surface area (Å²) < 4.78 is 5.78. The average molecular weight is 379 g/mol. The minimum absolute atomic E-state index is 0.0100. The Morgan fingerprint density at radius 2 is 1.36 bits per heavy atom. The molecule has 2 heterocycles.